The summed E-state index contributed by atoms with van der Waals surface area (Å²) < 4.78 is 7.56. The first kappa shape index (κ1) is 18.1. The molecule has 6 heteroatoms. The molecule has 0 saturated heterocycles. The number of aryl methyl sites for hydroxylation is 1. The van der Waals surface area contributed by atoms with E-state index < -0.39 is 0 Å². The SMILES string of the molecule is CCCOc1cc(CCCO)n(C(C)c2ccc(Cl)cc2Cl)n1. The molecule has 0 saturated carbocycles. The molecule has 0 radical (unpaired) electrons. The Morgan fingerprint density at radius 3 is 2.74 bits per heavy atom. The second-order valence-corrected chi connectivity index (χ2v) is 6.28. The minimum absolute atomic E-state index is 0.0487. The van der Waals surface area contributed by atoms with Gasteiger partial charge in [-0.2, -0.15) is 0 Å². The highest BCUT2D eigenvalue weighted by molar-refractivity contribution is 6.35. The van der Waals surface area contributed by atoms with Crippen LogP contribution in [0.1, 0.15) is 44.0 Å². The standard InChI is InChI=1S/C17H22Cl2N2O2/c1-3-9-23-17-11-14(5-4-8-22)21(20-17)12(2)15-7-6-13(18)10-16(15)19/h6-7,10-12,22H,3-5,8-9H2,1-2H3. The molecule has 0 aliphatic carbocycles. The van der Waals surface area contributed by atoms with Gasteiger partial charge in [0.05, 0.1) is 12.6 Å². The summed E-state index contributed by atoms with van der Waals surface area (Å²) >= 11 is 12.3. The Bertz CT molecular complexity index is 644. The highest BCUT2D eigenvalue weighted by atomic mass is 35.5. The van der Waals surface area contributed by atoms with E-state index >= 15 is 0 Å². The van der Waals surface area contributed by atoms with Gasteiger partial charge in [-0.25, -0.2) is 0 Å². The Kier molecular flexibility index (Phi) is 6.75. The van der Waals surface area contributed by atoms with Crippen molar-refractivity contribution in [3.05, 3.63) is 45.6 Å². The van der Waals surface area contributed by atoms with Crippen LogP contribution in [0, 0.1) is 0 Å². The lowest BCUT2D eigenvalue weighted by molar-refractivity contribution is 0.286. The number of aliphatic hydroxyl groups excluding tert-OH is 1. The zero-order valence-corrected chi connectivity index (χ0v) is 14.9. The van der Waals surface area contributed by atoms with E-state index in [1.807, 2.05) is 29.8 Å². The van der Waals surface area contributed by atoms with Crippen molar-refractivity contribution in [2.75, 3.05) is 13.2 Å². The highest BCUT2D eigenvalue weighted by Gasteiger charge is 2.18. The molecule has 0 aliphatic rings. The number of hydrogen-bond donors (Lipinski definition) is 1. The van der Waals surface area contributed by atoms with Crippen LogP contribution in [0.3, 0.4) is 0 Å². The van der Waals surface area contributed by atoms with Crippen LogP contribution in [-0.4, -0.2) is 28.1 Å². The number of benzene rings is 1. The Balaban J connectivity index is 2.32. The third kappa shape index (κ3) is 4.63. The lowest BCUT2D eigenvalue weighted by atomic mass is 10.1. The van der Waals surface area contributed by atoms with Gasteiger partial charge in [0.2, 0.25) is 5.88 Å². The van der Waals surface area contributed by atoms with Crippen LogP contribution in [0.4, 0.5) is 0 Å². The molecule has 1 unspecified atom stereocenters. The fourth-order valence-electron chi connectivity index (χ4n) is 2.44. The van der Waals surface area contributed by atoms with Crippen LogP contribution in [0.5, 0.6) is 5.88 Å². The fourth-order valence-corrected chi connectivity index (χ4v) is 3.01. The first-order valence-corrected chi connectivity index (χ1v) is 8.59. The predicted octanol–water partition coefficient (Wildman–Crippen LogP) is 4.51. The lowest BCUT2D eigenvalue weighted by Crippen LogP contribution is -2.13. The fraction of sp³-hybridized carbons (Fsp3) is 0.471. The van der Waals surface area contributed by atoms with Gasteiger partial charge in [0, 0.05) is 28.4 Å². The molecule has 126 valence electrons. The summed E-state index contributed by atoms with van der Waals surface area (Å²) in [6.07, 6.45) is 2.34. The molecule has 23 heavy (non-hydrogen) atoms. The number of hydrogen-bond acceptors (Lipinski definition) is 3. The molecule has 1 heterocycles. The van der Waals surface area contributed by atoms with E-state index in [2.05, 4.69) is 12.0 Å². The van der Waals surface area contributed by atoms with Crippen LogP contribution in [0.2, 0.25) is 10.0 Å². The second-order valence-electron chi connectivity index (χ2n) is 5.44. The number of rotatable bonds is 8. The zero-order valence-electron chi connectivity index (χ0n) is 13.4. The van der Waals surface area contributed by atoms with E-state index in [0.717, 1.165) is 24.1 Å². The normalized spacial score (nSPS) is 12.4. The Morgan fingerprint density at radius 1 is 1.30 bits per heavy atom. The van der Waals surface area contributed by atoms with E-state index in [4.69, 9.17) is 33.0 Å². The van der Waals surface area contributed by atoms with Crippen LogP contribution in [0.25, 0.3) is 0 Å². The first-order chi connectivity index (χ1) is 11.1. The van der Waals surface area contributed by atoms with Crippen molar-refractivity contribution in [2.45, 2.75) is 39.2 Å². The highest BCUT2D eigenvalue weighted by Crippen LogP contribution is 2.30. The van der Waals surface area contributed by atoms with Crippen molar-refractivity contribution in [2.24, 2.45) is 0 Å². The van der Waals surface area contributed by atoms with Gasteiger partial charge in [0.25, 0.3) is 0 Å². The summed E-state index contributed by atoms with van der Waals surface area (Å²) in [5.74, 6) is 0.608. The van der Waals surface area contributed by atoms with Gasteiger partial charge in [-0.3, -0.25) is 4.68 Å². The third-order valence-electron chi connectivity index (χ3n) is 3.62. The van der Waals surface area contributed by atoms with Crippen molar-refractivity contribution < 1.29 is 9.84 Å². The summed E-state index contributed by atoms with van der Waals surface area (Å²) in [7, 11) is 0. The number of halogens is 2. The van der Waals surface area contributed by atoms with Crippen LogP contribution in [-0.2, 0) is 6.42 Å². The molecular formula is C17H22Cl2N2O2. The number of aromatic nitrogens is 2. The summed E-state index contributed by atoms with van der Waals surface area (Å²) in [5.41, 5.74) is 1.97. The average molecular weight is 357 g/mol. The molecule has 1 N–H and O–H groups in total. The zero-order chi connectivity index (χ0) is 16.8. The van der Waals surface area contributed by atoms with Crippen LogP contribution >= 0.6 is 23.2 Å². The average Bonchev–Trinajstić information content (AvgIpc) is 2.93. The maximum absolute atomic E-state index is 9.10. The van der Waals surface area contributed by atoms with Crippen molar-refractivity contribution in [1.82, 2.24) is 9.78 Å². The second kappa shape index (κ2) is 8.57. The maximum atomic E-state index is 9.10. The minimum Gasteiger partial charge on any atom is -0.477 e. The molecule has 0 aliphatic heterocycles. The monoisotopic (exact) mass is 356 g/mol. The predicted molar refractivity (Wildman–Crippen MR) is 93.7 cm³/mol. The van der Waals surface area contributed by atoms with Gasteiger partial charge in [-0.05, 0) is 43.9 Å². The number of aliphatic hydroxyl groups is 1. The lowest BCUT2D eigenvalue weighted by Gasteiger charge is -2.17. The van der Waals surface area contributed by atoms with E-state index in [9.17, 15) is 0 Å². The molecule has 0 amide bonds. The van der Waals surface area contributed by atoms with Gasteiger partial charge < -0.3 is 9.84 Å². The molecule has 0 fully saturated rings. The van der Waals surface area contributed by atoms with Crippen LogP contribution < -0.4 is 4.74 Å². The Labute approximate surface area is 147 Å². The summed E-state index contributed by atoms with van der Waals surface area (Å²) in [4.78, 5) is 0. The Morgan fingerprint density at radius 2 is 2.09 bits per heavy atom. The molecule has 4 nitrogen and oxygen atoms in total. The van der Waals surface area contributed by atoms with Gasteiger partial charge in [-0.1, -0.05) is 36.2 Å². The Hall–Kier alpha value is -1.23. The van der Waals surface area contributed by atoms with E-state index in [1.165, 1.54) is 0 Å². The van der Waals surface area contributed by atoms with Gasteiger partial charge >= 0.3 is 0 Å². The van der Waals surface area contributed by atoms with Crippen LogP contribution in [0.15, 0.2) is 24.3 Å². The summed E-state index contributed by atoms with van der Waals surface area (Å²) in [6, 6.07) is 7.36. The van der Waals surface area contributed by atoms with E-state index in [0.29, 0.717) is 29.0 Å². The molecule has 0 bridgehead atoms. The minimum atomic E-state index is -0.0487. The molecule has 1 aromatic carbocycles. The molecule has 0 spiro atoms. The van der Waals surface area contributed by atoms with Gasteiger partial charge in [-0.15, -0.1) is 5.10 Å². The van der Waals surface area contributed by atoms with Crippen molar-refractivity contribution in [1.29, 1.82) is 0 Å². The number of ether oxygens (including phenoxy) is 1. The largest absolute Gasteiger partial charge is 0.477 e. The van der Waals surface area contributed by atoms with Crippen molar-refractivity contribution in [3.8, 4) is 5.88 Å². The summed E-state index contributed by atoms with van der Waals surface area (Å²) in [5, 5.41) is 14.9. The van der Waals surface area contributed by atoms with Crippen molar-refractivity contribution in [3.63, 3.8) is 0 Å². The van der Waals surface area contributed by atoms with Gasteiger partial charge in [0.15, 0.2) is 0 Å². The smallest absolute Gasteiger partial charge is 0.233 e. The molecule has 1 atom stereocenters. The summed E-state index contributed by atoms with van der Waals surface area (Å²) in [6.45, 7) is 4.87. The van der Waals surface area contributed by atoms with Crippen molar-refractivity contribution >= 4 is 23.2 Å². The maximum Gasteiger partial charge on any atom is 0.233 e. The third-order valence-corrected chi connectivity index (χ3v) is 4.18. The number of nitrogens with zero attached hydrogens (tertiary/aromatic N) is 2. The topological polar surface area (TPSA) is 47.3 Å². The van der Waals surface area contributed by atoms with E-state index in [-0.39, 0.29) is 12.6 Å². The molecule has 1 aromatic heterocycles. The first-order valence-electron chi connectivity index (χ1n) is 7.83. The molecule has 2 aromatic rings. The molecule has 2 rings (SSSR count). The van der Waals surface area contributed by atoms with Gasteiger partial charge in [0.1, 0.15) is 0 Å². The van der Waals surface area contributed by atoms with E-state index in [1.54, 1.807) is 6.07 Å². The molecular weight excluding hydrogens is 335 g/mol. The quantitative estimate of drug-likeness (QED) is 0.756.